The predicted octanol–water partition coefficient (Wildman–Crippen LogP) is 4.28. The summed E-state index contributed by atoms with van der Waals surface area (Å²) in [4.78, 5) is 34.5. The number of aromatic amines is 1. The molecule has 1 aliphatic rings. The number of H-pyrrole nitrogens is 1. The Morgan fingerprint density at radius 2 is 2.00 bits per heavy atom. The van der Waals surface area contributed by atoms with Gasteiger partial charge in [0, 0.05) is 36.3 Å². The number of imidazole rings is 1. The highest BCUT2D eigenvalue weighted by Crippen LogP contribution is 2.27. The fourth-order valence-electron chi connectivity index (χ4n) is 4.74. The summed E-state index contributed by atoms with van der Waals surface area (Å²) in [7, 11) is 0. The Balaban J connectivity index is 1.15. The number of carbonyl (C=O) groups is 2. The third-order valence-corrected chi connectivity index (χ3v) is 7.13. The molecule has 1 unspecified atom stereocenters. The summed E-state index contributed by atoms with van der Waals surface area (Å²) in [5, 5.41) is 8.70. The maximum absolute atomic E-state index is 13.1. The minimum absolute atomic E-state index is 0.224. The normalized spacial score (nSPS) is 15.2. The second-order valence-corrected chi connectivity index (χ2v) is 9.67. The molecular formula is C29H23ClN6O2. The molecule has 1 aliphatic heterocycles. The Labute approximate surface area is 223 Å². The van der Waals surface area contributed by atoms with Crippen LogP contribution in [0.2, 0.25) is 5.02 Å². The first kappa shape index (κ1) is 23.8. The topological polar surface area (TPSA) is 95.4 Å². The second-order valence-electron chi connectivity index (χ2n) is 9.26. The quantitative estimate of drug-likeness (QED) is 0.266. The lowest BCUT2D eigenvalue weighted by molar-refractivity contribution is -0.127. The molecule has 0 spiro atoms. The lowest BCUT2D eigenvalue weighted by Crippen LogP contribution is -2.33. The van der Waals surface area contributed by atoms with Crippen molar-refractivity contribution in [3.8, 4) is 11.8 Å². The molecule has 2 N–H and O–H groups in total. The van der Waals surface area contributed by atoms with E-state index in [9.17, 15) is 9.59 Å². The summed E-state index contributed by atoms with van der Waals surface area (Å²) >= 11 is 6.26. The number of nitrogens with zero attached hydrogens (tertiary/aromatic N) is 4. The summed E-state index contributed by atoms with van der Waals surface area (Å²) in [6, 6.07) is 14.4. The van der Waals surface area contributed by atoms with Crippen LogP contribution in [0.1, 0.15) is 27.9 Å². The van der Waals surface area contributed by atoms with Crippen molar-refractivity contribution in [2.24, 2.45) is 0 Å². The Kier molecular flexibility index (Phi) is 6.06. The van der Waals surface area contributed by atoms with Crippen LogP contribution in [0.25, 0.3) is 16.6 Å². The van der Waals surface area contributed by atoms with Crippen LogP contribution in [0.3, 0.4) is 0 Å². The minimum Gasteiger partial charge on any atom is -0.360 e. The fourth-order valence-corrected chi connectivity index (χ4v) is 4.97. The third-order valence-electron chi connectivity index (χ3n) is 6.81. The van der Waals surface area contributed by atoms with Gasteiger partial charge in [-0.2, -0.15) is 5.10 Å². The van der Waals surface area contributed by atoms with E-state index in [-0.39, 0.29) is 18.5 Å². The number of imide groups is 1. The van der Waals surface area contributed by atoms with Crippen molar-refractivity contribution in [1.82, 2.24) is 29.8 Å². The minimum atomic E-state index is -0.612. The van der Waals surface area contributed by atoms with Crippen molar-refractivity contribution in [3.05, 3.63) is 100 Å². The molecule has 6 rings (SSSR count). The number of hydrogen-bond acceptors (Lipinski definition) is 4. The van der Waals surface area contributed by atoms with Crippen LogP contribution in [0.4, 0.5) is 4.79 Å². The molecular weight excluding hydrogens is 500 g/mol. The van der Waals surface area contributed by atoms with Crippen molar-refractivity contribution in [2.45, 2.75) is 25.8 Å². The number of amides is 3. The number of para-hydroxylation sites is 1. The lowest BCUT2D eigenvalue weighted by atomic mass is 10.0. The maximum Gasteiger partial charge on any atom is 0.324 e. The number of aromatic nitrogens is 4. The van der Waals surface area contributed by atoms with Crippen LogP contribution in [-0.2, 0) is 17.6 Å². The van der Waals surface area contributed by atoms with E-state index in [1.807, 2.05) is 61.7 Å². The molecule has 1 atom stereocenters. The Morgan fingerprint density at radius 1 is 1.11 bits per heavy atom. The standard InChI is InChI=1S/C29H23ClN6O2/c1-18-7-8-19(14-20(18)9-10-22-17-31-26-6-3-12-33-36(22)26)11-13-35-28(37)25(34-29(35)38)15-21-16-32-27-23(21)4-2-5-24(27)30/h2-8,12,14,16-17,25,32H,11,13,15H2,1H3,(H,34,38). The van der Waals surface area contributed by atoms with E-state index in [1.165, 1.54) is 4.90 Å². The molecule has 2 aromatic carbocycles. The average Bonchev–Trinajstić information content (AvgIpc) is 3.60. The molecule has 3 aromatic heterocycles. The fraction of sp³-hybridized carbons (Fsp3) is 0.172. The summed E-state index contributed by atoms with van der Waals surface area (Å²) in [5.74, 6) is 6.15. The average molecular weight is 523 g/mol. The van der Waals surface area contributed by atoms with E-state index in [1.54, 1.807) is 16.9 Å². The number of carbonyl (C=O) groups excluding carboxylic acids is 2. The van der Waals surface area contributed by atoms with E-state index in [2.05, 4.69) is 32.2 Å². The van der Waals surface area contributed by atoms with Gasteiger partial charge >= 0.3 is 6.03 Å². The van der Waals surface area contributed by atoms with E-state index in [4.69, 9.17) is 11.6 Å². The van der Waals surface area contributed by atoms with E-state index >= 15 is 0 Å². The highest BCUT2D eigenvalue weighted by molar-refractivity contribution is 6.35. The van der Waals surface area contributed by atoms with Gasteiger partial charge in [0.2, 0.25) is 0 Å². The van der Waals surface area contributed by atoms with Crippen LogP contribution < -0.4 is 5.32 Å². The van der Waals surface area contributed by atoms with Gasteiger partial charge in [-0.15, -0.1) is 0 Å². The monoisotopic (exact) mass is 522 g/mol. The van der Waals surface area contributed by atoms with Crippen LogP contribution in [0.5, 0.6) is 0 Å². The predicted molar refractivity (Wildman–Crippen MR) is 145 cm³/mol. The van der Waals surface area contributed by atoms with Crippen molar-refractivity contribution in [1.29, 1.82) is 0 Å². The first-order valence-electron chi connectivity index (χ1n) is 12.2. The number of nitrogens with one attached hydrogen (secondary N) is 2. The largest absolute Gasteiger partial charge is 0.360 e. The molecule has 3 amide bonds. The van der Waals surface area contributed by atoms with Crippen molar-refractivity contribution >= 4 is 40.1 Å². The second kappa shape index (κ2) is 9.69. The van der Waals surface area contributed by atoms with Gasteiger partial charge in [-0.1, -0.05) is 41.8 Å². The lowest BCUT2D eigenvalue weighted by Gasteiger charge is -2.13. The molecule has 9 heteroatoms. The number of aryl methyl sites for hydroxylation is 1. The number of rotatable bonds is 5. The zero-order valence-electron chi connectivity index (χ0n) is 20.5. The van der Waals surface area contributed by atoms with Crippen molar-refractivity contribution in [2.75, 3.05) is 6.54 Å². The van der Waals surface area contributed by atoms with Crippen LogP contribution >= 0.6 is 11.6 Å². The highest BCUT2D eigenvalue weighted by Gasteiger charge is 2.37. The molecule has 0 aliphatic carbocycles. The number of halogens is 1. The summed E-state index contributed by atoms with van der Waals surface area (Å²) < 4.78 is 1.70. The number of benzene rings is 2. The maximum atomic E-state index is 13.1. The van der Waals surface area contributed by atoms with Crippen LogP contribution in [0.15, 0.2) is 67.1 Å². The molecule has 4 heterocycles. The Bertz CT molecular complexity index is 1780. The van der Waals surface area contributed by atoms with Gasteiger partial charge in [0.15, 0.2) is 5.65 Å². The molecule has 5 aromatic rings. The zero-order valence-corrected chi connectivity index (χ0v) is 21.3. The molecule has 38 heavy (non-hydrogen) atoms. The Morgan fingerprint density at radius 3 is 2.89 bits per heavy atom. The molecule has 8 nitrogen and oxygen atoms in total. The van der Waals surface area contributed by atoms with Gasteiger partial charge in [-0.25, -0.2) is 14.3 Å². The first-order valence-corrected chi connectivity index (χ1v) is 12.6. The third kappa shape index (κ3) is 4.38. The first-order chi connectivity index (χ1) is 18.5. The van der Waals surface area contributed by atoms with Gasteiger partial charge in [0.25, 0.3) is 5.91 Å². The molecule has 1 saturated heterocycles. The van der Waals surface area contributed by atoms with Crippen molar-refractivity contribution < 1.29 is 9.59 Å². The zero-order chi connectivity index (χ0) is 26.2. The Hall–Kier alpha value is -4.61. The van der Waals surface area contributed by atoms with E-state index in [0.717, 1.165) is 38.8 Å². The number of urea groups is 1. The number of hydrogen-bond donors (Lipinski definition) is 2. The highest BCUT2D eigenvalue weighted by atomic mass is 35.5. The summed E-state index contributed by atoms with van der Waals surface area (Å²) in [6.07, 6.45) is 6.16. The molecule has 0 saturated carbocycles. The van der Waals surface area contributed by atoms with Gasteiger partial charge in [-0.05, 0) is 60.2 Å². The molecule has 0 radical (unpaired) electrons. The summed E-state index contributed by atoms with van der Waals surface area (Å²) in [5.41, 5.74) is 6.11. The van der Waals surface area contributed by atoms with Gasteiger partial charge in [0.1, 0.15) is 11.7 Å². The molecule has 1 fully saturated rings. The smallest absolute Gasteiger partial charge is 0.324 e. The van der Waals surface area contributed by atoms with E-state index in [0.29, 0.717) is 23.6 Å². The van der Waals surface area contributed by atoms with Crippen LogP contribution in [0, 0.1) is 18.8 Å². The van der Waals surface area contributed by atoms with Crippen molar-refractivity contribution in [3.63, 3.8) is 0 Å². The number of fused-ring (bicyclic) bond motifs is 2. The molecule has 188 valence electrons. The molecule has 0 bridgehead atoms. The van der Waals surface area contributed by atoms with Gasteiger partial charge in [-0.3, -0.25) is 9.69 Å². The van der Waals surface area contributed by atoms with E-state index < -0.39 is 6.04 Å². The van der Waals surface area contributed by atoms with Gasteiger partial charge < -0.3 is 10.3 Å². The van der Waals surface area contributed by atoms with Gasteiger partial charge in [0.05, 0.1) is 16.7 Å². The summed E-state index contributed by atoms with van der Waals surface area (Å²) in [6.45, 7) is 2.29. The van der Waals surface area contributed by atoms with Crippen LogP contribution in [-0.4, -0.2) is 49.0 Å². The SMILES string of the molecule is Cc1ccc(CCN2C(=O)NC(Cc3c[nH]c4c(Cl)cccc34)C2=O)cc1C#Cc1cnc2cccnn12.